The Morgan fingerprint density at radius 1 is 1.15 bits per heavy atom. The Morgan fingerprint density at radius 3 is 2.40 bits per heavy atom. The Bertz CT molecular complexity index is 523. The van der Waals surface area contributed by atoms with Crippen molar-refractivity contribution in [1.29, 1.82) is 0 Å². The molecule has 3 nitrogen and oxygen atoms in total. The van der Waals surface area contributed by atoms with Gasteiger partial charge in [-0.1, -0.05) is 38.5 Å². The van der Waals surface area contributed by atoms with Crippen LogP contribution in [-0.2, 0) is 9.84 Å². The summed E-state index contributed by atoms with van der Waals surface area (Å²) in [6.07, 6.45) is 1.66. The fraction of sp³-hybridized carbons (Fsp3) is 0.625. The van der Waals surface area contributed by atoms with E-state index in [1.165, 1.54) is 11.1 Å². The Morgan fingerprint density at radius 2 is 1.85 bits per heavy atom. The minimum absolute atomic E-state index is 0.110. The second-order valence-electron chi connectivity index (χ2n) is 5.42. The first-order chi connectivity index (χ1) is 9.39. The Hall–Kier alpha value is -0.870. The van der Waals surface area contributed by atoms with Gasteiger partial charge in [0.2, 0.25) is 0 Å². The maximum atomic E-state index is 12.2. The van der Waals surface area contributed by atoms with E-state index >= 15 is 0 Å². The van der Waals surface area contributed by atoms with E-state index in [0.29, 0.717) is 0 Å². The molecule has 1 atom stereocenters. The molecular formula is C16H27NO2S. The van der Waals surface area contributed by atoms with E-state index in [1.54, 1.807) is 0 Å². The van der Waals surface area contributed by atoms with E-state index in [1.807, 2.05) is 19.9 Å². The van der Waals surface area contributed by atoms with Crippen molar-refractivity contribution in [3.8, 4) is 0 Å². The van der Waals surface area contributed by atoms with Crippen molar-refractivity contribution in [1.82, 2.24) is 5.32 Å². The van der Waals surface area contributed by atoms with E-state index in [4.69, 9.17) is 0 Å². The summed E-state index contributed by atoms with van der Waals surface area (Å²) in [6, 6.07) is 6.08. The highest BCUT2D eigenvalue weighted by Crippen LogP contribution is 2.19. The standard InChI is InChI=1S/C16H27NO2S/c1-5-7-10-20(18,19)12-16(17-6-2)15-9-8-13(3)14(4)11-15/h8-9,11,16-17H,5-7,10,12H2,1-4H3. The number of aryl methyl sites for hydroxylation is 2. The maximum Gasteiger partial charge on any atom is 0.152 e. The molecular weight excluding hydrogens is 270 g/mol. The van der Waals surface area contributed by atoms with E-state index in [2.05, 4.69) is 31.3 Å². The van der Waals surface area contributed by atoms with Crippen LogP contribution in [0.4, 0.5) is 0 Å². The van der Waals surface area contributed by atoms with Gasteiger partial charge in [0.05, 0.1) is 11.5 Å². The maximum absolute atomic E-state index is 12.2. The summed E-state index contributed by atoms with van der Waals surface area (Å²) < 4.78 is 24.3. The largest absolute Gasteiger partial charge is 0.309 e. The average molecular weight is 297 g/mol. The van der Waals surface area contributed by atoms with Gasteiger partial charge in [0.15, 0.2) is 9.84 Å². The lowest BCUT2D eigenvalue weighted by molar-refractivity contribution is 0.557. The Labute approximate surface area is 123 Å². The minimum Gasteiger partial charge on any atom is -0.309 e. The molecule has 0 bridgehead atoms. The molecule has 1 rings (SSSR count). The van der Waals surface area contributed by atoms with Crippen LogP contribution in [0.25, 0.3) is 0 Å². The van der Waals surface area contributed by atoms with Crippen LogP contribution >= 0.6 is 0 Å². The number of hydrogen-bond acceptors (Lipinski definition) is 3. The molecule has 0 aliphatic heterocycles. The molecule has 0 saturated carbocycles. The number of hydrogen-bond donors (Lipinski definition) is 1. The van der Waals surface area contributed by atoms with Crippen LogP contribution in [-0.4, -0.2) is 26.5 Å². The van der Waals surface area contributed by atoms with E-state index in [-0.39, 0.29) is 17.5 Å². The zero-order valence-corrected chi connectivity index (χ0v) is 13.9. The van der Waals surface area contributed by atoms with Crippen LogP contribution in [0.15, 0.2) is 18.2 Å². The van der Waals surface area contributed by atoms with E-state index in [0.717, 1.165) is 24.9 Å². The molecule has 0 spiro atoms. The highest BCUT2D eigenvalue weighted by molar-refractivity contribution is 7.91. The number of rotatable bonds is 8. The highest BCUT2D eigenvalue weighted by Gasteiger charge is 2.20. The first-order valence-electron chi connectivity index (χ1n) is 7.40. The molecule has 0 amide bonds. The first kappa shape index (κ1) is 17.2. The summed E-state index contributed by atoms with van der Waals surface area (Å²) in [5, 5.41) is 3.30. The van der Waals surface area contributed by atoms with Gasteiger partial charge in [-0.2, -0.15) is 0 Å². The number of sulfone groups is 1. The fourth-order valence-electron chi connectivity index (χ4n) is 2.20. The second-order valence-corrected chi connectivity index (χ2v) is 7.65. The van der Waals surface area contributed by atoms with Crippen molar-refractivity contribution in [2.24, 2.45) is 0 Å². The predicted molar refractivity (Wildman–Crippen MR) is 85.9 cm³/mol. The van der Waals surface area contributed by atoms with Gasteiger partial charge in [-0.05, 0) is 43.5 Å². The minimum atomic E-state index is -3.00. The molecule has 0 saturated heterocycles. The summed E-state index contributed by atoms with van der Waals surface area (Å²) in [5.74, 6) is 0.472. The Balaban J connectivity index is 2.91. The number of nitrogens with one attached hydrogen (secondary N) is 1. The summed E-state index contributed by atoms with van der Waals surface area (Å²) >= 11 is 0. The molecule has 0 aliphatic carbocycles. The third-order valence-electron chi connectivity index (χ3n) is 3.61. The molecule has 0 aliphatic rings. The quantitative estimate of drug-likeness (QED) is 0.801. The SMILES string of the molecule is CCCCS(=O)(=O)CC(NCC)c1ccc(C)c(C)c1. The van der Waals surface area contributed by atoms with Crippen molar-refractivity contribution in [3.05, 3.63) is 34.9 Å². The van der Waals surface area contributed by atoms with Crippen LogP contribution in [0.5, 0.6) is 0 Å². The smallest absolute Gasteiger partial charge is 0.152 e. The summed E-state index contributed by atoms with van der Waals surface area (Å²) in [4.78, 5) is 0. The van der Waals surface area contributed by atoms with Gasteiger partial charge in [0.1, 0.15) is 0 Å². The molecule has 4 heteroatoms. The molecule has 0 fully saturated rings. The van der Waals surface area contributed by atoms with Crippen molar-refractivity contribution >= 4 is 9.84 Å². The van der Waals surface area contributed by atoms with Crippen molar-refractivity contribution in [2.45, 2.75) is 46.6 Å². The average Bonchev–Trinajstić information content (AvgIpc) is 2.39. The molecule has 0 aromatic heterocycles. The highest BCUT2D eigenvalue weighted by atomic mass is 32.2. The third-order valence-corrected chi connectivity index (χ3v) is 5.37. The summed E-state index contributed by atoms with van der Waals surface area (Å²) in [5.41, 5.74) is 3.50. The molecule has 114 valence electrons. The van der Waals surface area contributed by atoms with Crippen LogP contribution in [0, 0.1) is 13.8 Å². The summed E-state index contributed by atoms with van der Waals surface area (Å²) in [7, 11) is -3.00. The van der Waals surface area contributed by atoms with E-state index < -0.39 is 9.84 Å². The molecule has 1 aromatic rings. The van der Waals surface area contributed by atoms with Gasteiger partial charge in [-0.15, -0.1) is 0 Å². The summed E-state index contributed by atoms with van der Waals surface area (Å²) in [6.45, 7) is 8.92. The van der Waals surface area contributed by atoms with Gasteiger partial charge in [0, 0.05) is 6.04 Å². The molecule has 1 aromatic carbocycles. The lowest BCUT2D eigenvalue weighted by atomic mass is 10.0. The van der Waals surface area contributed by atoms with Crippen molar-refractivity contribution in [3.63, 3.8) is 0 Å². The van der Waals surface area contributed by atoms with Gasteiger partial charge in [-0.3, -0.25) is 0 Å². The van der Waals surface area contributed by atoms with Gasteiger partial charge < -0.3 is 5.32 Å². The van der Waals surface area contributed by atoms with Crippen molar-refractivity contribution in [2.75, 3.05) is 18.1 Å². The molecule has 1 N–H and O–H groups in total. The Kier molecular flexibility index (Phi) is 6.69. The predicted octanol–water partition coefficient (Wildman–Crippen LogP) is 3.17. The lowest BCUT2D eigenvalue weighted by Crippen LogP contribution is -2.29. The van der Waals surface area contributed by atoms with Crippen LogP contribution < -0.4 is 5.32 Å². The van der Waals surface area contributed by atoms with Crippen LogP contribution in [0.2, 0.25) is 0 Å². The fourth-order valence-corrected chi connectivity index (χ4v) is 3.92. The van der Waals surface area contributed by atoms with Gasteiger partial charge >= 0.3 is 0 Å². The third kappa shape index (κ3) is 5.25. The zero-order valence-electron chi connectivity index (χ0n) is 13.1. The first-order valence-corrected chi connectivity index (χ1v) is 9.22. The second kappa shape index (κ2) is 7.79. The molecule has 0 heterocycles. The van der Waals surface area contributed by atoms with E-state index in [9.17, 15) is 8.42 Å². The van der Waals surface area contributed by atoms with Gasteiger partial charge in [-0.25, -0.2) is 8.42 Å². The number of benzene rings is 1. The van der Waals surface area contributed by atoms with Gasteiger partial charge in [0.25, 0.3) is 0 Å². The zero-order chi connectivity index (χ0) is 15.2. The molecule has 1 unspecified atom stereocenters. The van der Waals surface area contributed by atoms with Crippen LogP contribution in [0.3, 0.4) is 0 Å². The normalized spacial score (nSPS) is 13.4. The topological polar surface area (TPSA) is 46.2 Å². The monoisotopic (exact) mass is 297 g/mol. The molecule has 0 radical (unpaired) electrons. The van der Waals surface area contributed by atoms with Crippen molar-refractivity contribution < 1.29 is 8.42 Å². The van der Waals surface area contributed by atoms with Crippen LogP contribution in [0.1, 0.15) is 49.4 Å². The number of unbranched alkanes of at least 4 members (excludes halogenated alkanes) is 1. The lowest BCUT2D eigenvalue weighted by Gasteiger charge is -2.19. The molecule has 20 heavy (non-hydrogen) atoms.